The minimum absolute atomic E-state index is 0.0855. The van der Waals surface area contributed by atoms with Crippen LogP contribution in [0.4, 0.5) is 9.59 Å². The van der Waals surface area contributed by atoms with Crippen molar-refractivity contribution in [2.75, 3.05) is 26.3 Å². The largest absolute Gasteiger partial charge is 0.371 e. The molecule has 0 bridgehead atoms. The number of epoxide rings is 2. The second-order valence-electron chi connectivity index (χ2n) is 3.61. The van der Waals surface area contributed by atoms with Gasteiger partial charge in [0.15, 0.2) is 0 Å². The van der Waals surface area contributed by atoms with Gasteiger partial charge < -0.3 is 20.1 Å². The van der Waals surface area contributed by atoms with Gasteiger partial charge in [-0.1, -0.05) is 0 Å². The molecule has 4 amide bonds. The summed E-state index contributed by atoms with van der Waals surface area (Å²) < 4.78 is 10.0. The monoisotopic (exact) mass is 215 g/mol. The van der Waals surface area contributed by atoms with Gasteiger partial charge in [0.25, 0.3) is 0 Å². The van der Waals surface area contributed by atoms with Crippen molar-refractivity contribution in [2.24, 2.45) is 5.73 Å². The van der Waals surface area contributed by atoms with Gasteiger partial charge >= 0.3 is 12.1 Å². The van der Waals surface area contributed by atoms with Crippen molar-refractivity contribution < 1.29 is 19.1 Å². The SMILES string of the molecule is NC(=O)NC(=O)N(CC1CO1)CC1CO1. The molecule has 2 saturated heterocycles. The van der Waals surface area contributed by atoms with Crippen LogP contribution in [0.1, 0.15) is 0 Å². The number of nitrogens with one attached hydrogen (secondary N) is 1. The molecule has 0 aromatic rings. The Bertz CT molecular complexity index is 261. The van der Waals surface area contributed by atoms with Crippen molar-refractivity contribution in [1.29, 1.82) is 0 Å². The highest BCUT2D eigenvalue weighted by atomic mass is 16.6. The van der Waals surface area contributed by atoms with E-state index in [4.69, 9.17) is 15.2 Å². The maximum atomic E-state index is 11.5. The van der Waals surface area contributed by atoms with Crippen LogP contribution in [0.2, 0.25) is 0 Å². The molecule has 84 valence electrons. The summed E-state index contributed by atoms with van der Waals surface area (Å²) >= 11 is 0. The highest BCUT2D eigenvalue weighted by molar-refractivity contribution is 5.92. The van der Waals surface area contributed by atoms with Gasteiger partial charge in [0, 0.05) is 0 Å². The number of carbonyl (C=O) groups excluding carboxylic acids is 2. The summed E-state index contributed by atoms with van der Waals surface area (Å²) in [5, 5.41) is 2.02. The van der Waals surface area contributed by atoms with Crippen molar-refractivity contribution in [3.63, 3.8) is 0 Å². The third kappa shape index (κ3) is 3.37. The normalized spacial score (nSPS) is 26.9. The first-order valence-electron chi connectivity index (χ1n) is 4.73. The highest BCUT2D eigenvalue weighted by Gasteiger charge is 2.33. The lowest BCUT2D eigenvalue weighted by Gasteiger charge is -2.20. The summed E-state index contributed by atoms with van der Waals surface area (Å²) in [6, 6.07) is -1.34. The van der Waals surface area contributed by atoms with E-state index in [9.17, 15) is 9.59 Å². The zero-order chi connectivity index (χ0) is 10.8. The zero-order valence-electron chi connectivity index (χ0n) is 8.14. The van der Waals surface area contributed by atoms with Crippen LogP contribution in [0.25, 0.3) is 0 Å². The first-order valence-corrected chi connectivity index (χ1v) is 4.73. The molecule has 0 saturated carbocycles. The number of amides is 4. The molecular weight excluding hydrogens is 202 g/mol. The Morgan fingerprint density at radius 1 is 1.27 bits per heavy atom. The lowest BCUT2D eigenvalue weighted by atomic mass is 10.3. The molecule has 2 aliphatic heterocycles. The second kappa shape index (κ2) is 4.03. The van der Waals surface area contributed by atoms with Gasteiger partial charge in [-0.3, -0.25) is 5.32 Å². The average Bonchev–Trinajstić information content (AvgIpc) is 2.95. The molecule has 2 rings (SSSR count). The third-order valence-corrected chi connectivity index (χ3v) is 2.17. The van der Waals surface area contributed by atoms with Crippen molar-refractivity contribution in [3.8, 4) is 0 Å². The molecule has 15 heavy (non-hydrogen) atoms. The Morgan fingerprint density at radius 2 is 1.73 bits per heavy atom. The van der Waals surface area contributed by atoms with Crippen molar-refractivity contribution in [2.45, 2.75) is 12.2 Å². The number of ether oxygens (including phenoxy) is 2. The summed E-state index contributed by atoms with van der Waals surface area (Å²) in [5.74, 6) is 0. The first kappa shape index (κ1) is 10.2. The Hall–Kier alpha value is -1.34. The number of hydrogen-bond donors (Lipinski definition) is 2. The van der Waals surface area contributed by atoms with E-state index in [0.717, 1.165) is 0 Å². The molecule has 2 heterocycles. The summed E-state index contributed by atoms with van der Waals surface area (Å²) in [4.78, 5) is 23.5. The van der Waals surface area contributed by atoms with Gasteiger partial charge in [-0.2, -0.15) is 0 Å². The number of primary amides is 1. The molecule has 2 fully saturated rings. The van der Waals surface area contributed by atoms with Crippen molar-refractivity contribution in [3.05, 3.63) is 0 Å². The number of imide groups is 1. The molecule has 7 heteroatoms. The molecule has 0 spiro atoms. The predicted molar refractivity (Wildman–Crippen MR) is 49.2 cm³/mol. The van der Waals surface area contributed by atoms with Gasteiger partial charge in [-0.15, -0.1) is 0 Å². The van der Waals surface area contributed by atoms with Gasteiger partial charge in [0.2, 0.25) is 0 Å². The fourth-order valence-electron chi connectivity index (χ4n) is 1.26. The second-order valence-corrected chi connectivity index (χ2v) is 3.61. The number of rotatable bonds is 4. The Kier molecular flexibility index (Phi) is 2.74. The molecule has 0 aromatic carbocycles. The first-order chi connectivity index (χ1) is 7.15. The fourth-order valence-corrected chi connectivity index (χ4v) is 1.26. The van der Waals surface area contributed by atoms with Crippen LogP contribution in [-0.2, 0) is 9.47 Å². The Morgan fingerprint density at radius 3 is 2.07 bits per heavy atom. The number of hydrogen-bond acceptors (Lipinski definition) is 4. The zero-order valence-corrected chi connectivity index (χ0v) is 8.14. The fraction of sp³-hybridized carbons (Fsp3) is 0.750. The summed E-state index contributed by atoms with van der Waals surface area (Å²) in [5.41, 5.74) is 4.86. The van der Waals surface area contributed by atoms with Crippen molar-refractivity contribution in [1.82, 2.24) is 10.2 Å². The number of nitrogens with zero attached hydrogens (tertiary/aromatic N) is 1. The third-order valence-electron chi connectivity index (χ3n) is 2.17. The smallest absolute Gasteiger partial charge is 0.325 e. The van der Waals surface area contributed by atoms with E-state index in [1.165, 1.54) is 4.90 Å². The van der Waals surface area contributed by atoms with E-state index in [0.29, 0.717) is 26.3 Å². The van der Waals surface area contributed by atoms with Crippen LogP contribution >= 0.6 is 0 Å². The average molecular weight is 215 g/mol. The summed E-state index contributed by atoms with van der Waals surface area (Å²) in [6.45, 7) is 2.26. The van der Waals surface area contributed by atoms with Crippen LogP contribution < -0.4 is 11.1 Å². The van der Waals surface area contributed by atoms with E-state index in [1.54, 1.807) is 0 Å². The Balaban J connectivity index is 1.83. The van der Waals surface area contributed by atoms with E-state index in [2.05, 4.69) is 0 Å². The molecule has 0 radical (unpaired) electrons. The van der Waals surface area contributed by atoms with Crippen LogP contribution in [0, 0.1) is 0 Å². The summed E-state index contributed by atoms with van der Waals surface area (Å²) in [6.07, 6.45) is 0.171. The van der Waals surface area contributed by atoms with E-state index >= 15 is 0 Å². The molecule has 3 N–H and O–H groups in total. The molecule has 7 nitrogen and oxygen atoms in total. The van der Waals surface area contributed by atoms with Gasteiger partial charge in [0.05, 0.1) is 38.5 Å². The topological polar surface area (TPSA) is 100 Å². The van der Waals surface area contributed by atoms with Gasteiger partial charge in [-0.05, 0) is 0 Å². The number of urea groups is 2. The van der Waals surface area contributed by atoms with Gasteiger partial charge in [0.1, 0.15) is 0 Å². The molecule has 0 aromatic heterocycles. The molecule has 2 aliphatic rings. The van der Waals surface area contributed by atoms with E-state index < -0.39 is 12.1 Å². The summed E-state index contributed by atoms with van der Waals surface area (Å²) in [7, 11) is 0. The predicted octanol–water partition coefficient (Wildman–Crippen LogP) is -1.13. The van der Waals surface area contributed by atoms with Gasteiger partial charge in [-0.25, -0.2) is 9.59 Å². The lowest BCUT2D eigenvalue weighted by molar-refractivity contribution is 0.184. The Labute approximate surface area is 86.5 Å². The van der Waals surface area contributed by atoms with Crippen LogP contribution in [0.5, 0.6) is 0 Å². The maximum absolute atomic E-state index is 11.5. The number of carbonyl (C=O) groups is 2. The lowest BCUT2D eigenvalue weighted by Crippen LogP contribution is -2.47. The standard InChI is InChI=1S/C8H13N3O4/c9-7(12)10-8(13)11(1-5-3-14-5)2-6-4-15-6/h5-6H,1-4H2,(H3,9,10,12,13). The maximum Gasteiger partial charge on any atom is 0.325 e. The van der Waals surface area contributed by atoms with Crippen LogP contribution in [-0.4, -0.2) is 55.5 Å². The minimum Gasteiger partial charge on any atom is -0.371 e. The van der Waals surface area contributed by atoms with Crippen LogP contribution in [0.15, 0.2) is 0 Å². The molecule has 0 aliphatic carbocycles. The molecule has 2 atom stereocenters. The highest BCUT2D eigenvalue weighted by Crippen LogP contribution is 2.15. The number of nitrogens with two attached hydrogens (primary N) is 1. The van der Waals surface area contributed by atoms with Crippen molar-refractivity contribution >= 4 is 12.1 Å². The molecule has 2 unspecified atom stereocenters. The van der Waals surface area contributed by atoms with Crippen LogP contribution in [0.3, 0.4) is 0 Å². The van der Waals surface area contributed by atoms with E-state index in [-0.39, 0.29) is 12.2 Å². The minimum atomic E-state index is -0.849. The van der Waals surface area contributed by atoms with E-state index in [1.807, 2.05) is 5.32 Å². The molecular formula is C8H13N3O4. The quantitative estimate of drug-likeness (QED) is 0.580.